The van der Waals surface area contributed by atoms with Gasteiger partial charge in [0.1, 0.15) is 0 Å². The van der Waals surface area contributed by atoms with Crippen LogP contribution in [-0.4, -0.2) is 55.0 Å². The minimum absolute atomic E-state index is 0.0544. The lowest BCUT2D eigenvalue weighted by Gasteiger charge is -2.38. The third kappa shape index (κ3) is 5.08. The fourth-order valence-corrected chi connectivity index (χ4v) is 5.25. The molecule has 3 aliphatic rings. The number of rotatable bonds is 5. The van der Waals surface area contributed by atoms with Gasteiger partial charge >= 0.3 is 21.4 Å². The molecule has 0 atom stereocenters. The van der Waals surface area contributed by atoms with Gasteiger partial charge in [0.2, 0.25) is 0 Å². The minimum atomic E-state index is -0.982. The van der Waals surface area contributed by atoms with Gasteiger partial charge in [-0.15, -0.1) is 0 Å². The Kier molecular flexibility index (Phi) is 7.25. The van der Waals surface area contributed by atoms with Crippen molar-refractivity contribution in [2.45, 2.75) is 154 Å². The summed E-state index contributed by atoms with van der Waals surface area (Å²) >= 11 is 0. The third-order valence-corrected chi connectivity index (χ3v) is 10.4. The Morgan fingerprint density at radius 1 is 0.487 bits per heavy atom. The van der Waals surface area contributed by atoms with Gasteiger partial charge in [-0.05, 0) is 106 Å². The molecule has 3 fully saturated rings. The second kappa shape index (κ2) is 9.09. The van der Waals surface area contributed by atoms with Gasteiger partial charge in [-0.1, -0.05) is 45.0 Å². The summed E-state index contributed by atoms with van der Waals surface area (Å²) in [6, 6.07) is 8.80. The van der Waals surface area contributed by atoms with Gasteiger partial charge in [0.15, 0.2) is 0 Å². The zero-order chi connectivity index (χ0) is 29.7. The molecule has 0 unspecified atom stereocenters. The second-order valence-electron chi connectivity index (χ2n) is 16.0. The van der Waals surface area contributed by atoms with E-state index >= 15 is 0 Å². The van der Waals surface area contributed by atoms with Crippen molar-refractivity contribution in [1.29, 1.82) is 0 Å². The molecule has 0 bridgehead atoms. The maximum atomic E-state index is 6.84. The molecule has 0 radical (unpaired) electrons. The van der Waals surface area contributed by atoms with Crippen LogP contribution in [0.1, 0.15) is 115 Å². The van der Waals surface area contributed by atoms with Gasteiger partial charge in [-0.3, -0.25) is 0 Å². The monoisotopic (exact) mass is 540 g/mol. The average Bonchev–Trinajstić information content (AvgIpc) is 3.20. The Hall–Kier alpha value is -0.825. The van der Waals surface area contributed by atoms with Gasteiger partial charge in [0, 0.05) is 0 Å². The second-order valence-corrected chi connectivity index (χ2v) is 16.0. The van der Waals surface area contributed by atoms with Crippen molar-refractivity contribution >= 4 is 21.4 Å². The Balaban J connectivity index is 1.91. The van der Waals surface area contributed by atoms with E-state index in [1.54, 1.807) is 0 Å². The topological polar surface area (TPSA) is 55.4 Å². The zero-order valence-corrected chi connectivity index (χ0v) is 27.2. The first-order chi connectivity index (χ1) is 17.4. The number of hydrogen-bond donors (Lipinski definition) is 0. The van der Waals surface area contributed by atoms with Gasteiger partial charge < -0.3 is 27.9 Å². The lowest BCUT2D eigenvalue weighted by molar-refractivity contribution is 0.00578. The van der Waals surface area contributed by atoms with Crippen LogP contribution < -0.4 is 0 Å². The molecule has 3 aliphatic heterocycles. The summed E-state index contributed by atoms with van der Waals surface area (Å²) in [5, 5.41) is -0.982. The van der Waals surface area contributed by atoms with Crippen LogP contribution in [0.15, 0.2) is 24.3 Å². The predicted molar refractivity (Wildman–Crippen MR) is 160 cm³/mol. The van der Waals surface area contributed by atoms with Crippen LogP contribution in [-0.2, 0) is 39.8 Å². The van der Waals surface area contributed by atoms with Crippen LogP contribution >= 0.6 is 0 Å². The van der Waals surface area contributed by atoms with Crippen molar-refractivity contribution < 1.29 is 27.9 Å². The molecule has 0 aromatic heterocycles. The quantitative estimate of drug-likeness (QED) is 0.392. The lowest BCUT2D eigenvalue weighted by Crippen LogP contribution is -2.59. The molecule has 0 amide bonds. The van der Waals surface area contributed by atoms with Crippen LogP contribution in [0.2, 0.25) is 5.11 Å². The predicted octanol–water partition coefficient (Wildman–Crippen LogP) is 6.62. The van der Waals surface area contributed by atoms with E-state index in [4.69, 9.17) is 27.9 Å². The Bertz CT molecular complexity index is 935. The molecule has 3 saturated heterocycles. The van der Waals surface area contributed by atoms with E-state index in [-0.39, 0.29) is 5.41 Å². The van der Waals surface area contributed by atoms with Crippen LogP contribution in [0.25, 0.3) is 0 Å². The summed E-state index contributed by atoms with van der Waals surface area (Å²) in [5.41, 5.74) is -0.935. The summed E-state index contributed by atoms with van der Waals surface area (Å²) in [7, 11) is -2.14. The van der Waals surface area contributed by atoms with Gasteiger partial charge in [-0.2, -0.15) is 0 Å². The molecule has 6 nitrogen and oxygen atoms in total. The molecule has 9 heteroatoms. The van der Waals surface area contributed by atoms with E-state index in [1.165, 1.54) is 5.56 Å². The number of hydrogen-bond acceptors (Lipinski definition) is 6. The highest BCUT2D eigenvalue weighted by Gasteiger charge is 2.77. The van der Waals surface area contributed by atoms with E-state index in [0.717, 1.165) is 5.56 Å². The molecule has 3 heterocycles. The summed E-state index contributed by atoms with van der Waals surface area (Å²) in [4.78, 5) is 0. The molecule has 0 saturated carbocycles. The first-order valence-electron chi connectivity index (χ1n) is 14.5. The van der Waals surface area contributed by atoms with Crippen molar-refractivity contribution in [3.05, 3.63) is 35.4 Å². The summed E-state index contributed by atoms with van der Waals surface area (Å²) in [5.74, 6) is 0. The van der Waals surface area contributed by atoms with Gasteiger partial charge in [0.25, 0.3) is 0 Å². The molecule has 0 N–H and O–H groups in total. The van der Waals surface area contributed by atoms with Gasteiger partial charge in [0.05, 0.1) is 38.7 Å². The fourth-order valence-electron chi connectivity index (χ4n) is 5.25. The van der Waals surface area contributed by atoms with E-state index in [0.29, 0.717) is 6.42 Å². The smallest absolute Gasteiger partial charge is 0.403 e. The largest absolute Gasteiger partial charge is 0.460 e. The van der Waals surface area contributed by atoms with Crippen LogP contribution in [0.5, 0.6) is 0 Å². The molecular weight excluding hydrogens is 489 g/mol. The standard InChI is InChI=1S/C30H51B3O6/c1-23(2,3)22-18-16-21(17-19-22)20-30(31-34-24(4,5)25(6,7)35-31,32-36-26(8,9)27(10,11)37-32)33-38-28(12,13)29(14,15)39-33/h16-19H,20H2,1-15H3. The molecule has 0 spiro atoms. The molecule has 0 aliphatic carbocycles. The van der Waals surface area contributed by atoms with E-state index in [2.05, 4.69) is 128 Å². The minimum Gasteiger partial charge on any atom is -0.403 e. The molecule has 4 rings (SSSR count). The highest BCUT2D eigenvalue weighted by Crippen LogP contribution is 2.57. The lowest BCUT2D eigenvalue weighted by atomic mass is 9.23. The summed E-state index contributed by atoms with van der Waals surface area (Å²) in [6.45, 7) is 31.6. The Morgan fingerprint density at radius 2 is 0.744 bits per heavy atom. The molecule has 39 heavy (non-hydrogen) atoms. The zero-order valence-electron chi connectivity index (χ0n) is 27.2. The Morgan fingerprint density at radius 3 is 0.974 bits per heavy atom. The summed E-state index contributed by atoms with van der Waals surface area (Å²) in [6.07, 6.45) is 0.516. The molecule has 216 valence electrons. The van der Waals surface area contributed by atoms with Crippen molar-refractivity contribution in [2.24, 2.45) is 0 Å². The highest BCUT2D eigenvalue weighted by molar-refractivity contribution is 6.89. The fraction of sp³-hybridized carbons (Fsp3) is 0.800. The van der Waals surface area contributed by atoms with E-state index in [1.807, 2.05) is 0 Å². The maximum Gasteiger partial charge on any atom is 0.460 e. The molecule has 1 aromatic rings. The third-order valence-electron chi connectivity index (χ3n) is 10.4. The summed E-state index contributed by atoms with van der Waals surface area (Å²) < 4.78 is 41.0. The average molecular weight is 540 g/mol. The van der Waals surface area contributed by atoms with Crippen LogP contribution in [0.3, 0.4) is 0 Å². The maximum absolute atomic E-state index is 6.84. The Labute approximate surface area is 239 Å². The van der Waals surface area contributed by atoms with Crippen molar-refractivity contribution in [1.82, 2.24) is 0 Å². The highest BCUT2D eigenvalue weighted by atomic mass is 16.7. The molecule has 1 aromatic carbocycles. The number of benzene rings is 1. The van der Waals surface area contributed by atoms with Crippen molar-refractivity contribution in [3.8, 4) is 0 Å². The van der Waals surface area contributed by atoms with Crippen molar-refractivity contribution in [2.75, 3.05) is 0 Å². The first-order valence-corrected chi connectivity index (χ1v) is 14.5. The molecular formula is C30H51B3O6. The van der Waals surface area contributed by atoms with E-state index in [9.17, 15) is 0 Å². The van der Waals surface area contributed by atoms with Crippen molar-refractivity contribution in [3.63, 3.8) is 0 Å². The van der Waals surface area contributed by atoms with Gasteiger partial charge in [-0.25, -0.2) is 0 Å². The SMILES string of the molecule is CC(C)(C)c1ccc(CC(B2OC(C)(C)C(C)(C)O2)(B2OC(C)(C)C(C)(C)O2)B2OC(C)(C)C(C)(C)O2)cc1. The van der Waals surface area contributed by atoms with Crippen LogP contribution in [0, 0.1) is 0 Å². The first kappa shape index (κ1) is 31.1. The van der Waals surface area contributed by atoms with E-state index < -0.39 is 60.1 Å². The normalized spacial score (nSPS) is 26.9. The van der Waals surface area contributed by atoms with Crippen LogP contribution in [0.4, 0.5) is 0 Å².